The zero-order valence-corrected chi connectivity index (χ0v) is 8.87. The number of hydrogen-bond acceptors (Lipinski definition) is 1. The number of rotatable bonds is 1. The van der Waals surface area contributed by atoms with Gasteiger partial charge in [0.2, 0.25) is 13.9 Å². The zero-order valence-electron chi connectivity index (χ0n) is 8.87. The molecular weight excluding hydrogens is 173 g/mol. The van der Waals surface area contributed by atoms with Crippen LogP contribution in [0.1, 0.15) is 41.3 Å². The molecule has 1 aromatic carbocycles. The highest BCUT2D eigenvalue weighted by atomic mass is 16.2. The minimum absolute atomic E-state index is 0.155. The lowest BCUT2D eigenvalue weighted by atomic mass is 9.95. The summed E-state index contributed by atoms with van der Waals surface area (Å²) in [6.45, 7) is 5.10. The predicted molar refractivity (Wildman–Crippen MR) is 58.9 cm³/mol. The minimum Gasteiger partial charge on any atom is -0.386 e. The second-order valence-electron chi connectivity index (χ2n) is 4.19. The first-order valence-corrected chi connectivity index (χ1v) is 4.98. The quantitative estimate of drug-likeness (QED) is 0.607. The van der Waals surface area contributed by atoms with Crippen molar-refractivity contribution in [2.75, 3.05) is 0 Å². The highest BCUT2D eigenvalue weighted by molar-refractivity contribution is 6.20. The fourth-order valence-corrected chi connectivity index (χ4v) is 2.04. The van der Waals surface area contributed by atoms with Crippen molar-refractivity contribution in [3.8, 4) is 0 Å². The van der Waals surface area contributed by atoms with Crippen LogP contribution < -0.4 is 0 Å². The summed E-state index contributed by atoms with van der Waals surface area (Å²) in [7, 11) is 1.85. The summed E-state index contributed by atoms with van der Waals surface area (Å²) in [5, 5.41) is 0. The first-order chi connectivity index (χ1) is 6.61. The largest absolute Gasteiger partial charge is 0.386 e. The van der Waals surface area contributed by atoms with Gasteiger partial charge in [0, 0.05) is 12.1 Å². The van der Waals surface area contributed by atoms with Crippen LogP contribution in [-0.4, -0.2) is 18.7 Å². The number of fused-ring (bicyclic) bond motifs is 1. The Hall–Kier alpha value is -1.25. The van der Waals surface area contributed by atoms with E-state index in [1.165, 1.54) is 11.1 Å². The highest BCUT2D eigenvalue weighted by Gasteiger charge is 2.26. The molecule has 72 valence electrons. The van der Waals surface area contributed by atoms with Gasteiger partial charge in [0.1, 0.15) is 0 Å². The number of nitrogens with zero attached hydrogens (tertiary/aromatic N) is 1. The van der Waals surface area contributed by atoms with Gasteiger partial charge in [0.15, 0.2) is 0 Å². The van der Waals surface area contributed by atoms with E-state index in [-0.39, 0.29) is 5.91 Å². The Bertz CT molecular complexity index is 387. The van der Waals surface area contributed by atoms with Crippen LogP contribution in [0.2, 0.25) is 0 Å². The Morgan fingerprint density at radius 2 is 2.14 bits per heavy atom. The summed E-state index contributed by atoms with van der Waals surface area (Å²) in [5.74, 6) is 0.645. The van der Waals surface area contributed by atoms with E-state index in [1.54, 1.807) is 4.81 Å². The van der Waals surface area contributed by atoms with Crippen molar-refractivity contribution in [3.63, 3.8) is 0 Å². The lowest BCUT2D eigenvalue weighted by Gasteiger charge is -2.10. The van der Waals surface area contributed by atoms with Gasteiger partial charge in [-0.2, -0.15) is 0 Å². The lowest BCUT2D eigenvalue weighted by Crippen LogP contribution is -2.19. The molecule has 1 aliphatic rings. The van der Waals surface area contributed by atoms with Crippen molar-refractivity contribution >= 4 is 13.9 Å². The van der Waals surface area contributed by atoms with Gasteiger partial charge >= 0.3 is 0 Å². The Labute approximate surface area is 85.3 Å². The maximum absolute atomic E-state index is 11.7. The Morgan fingerprint density at radius 1 is 1.43 bits per heavy atom. The molecule has 0 N–H and O–H groups in total. The SMILES string of the molecule is BN1Cc2c(cccc2C(C)C)C1=O. The molecule has 1 aliphatic heterocycles. The summed E-state index contributed by atoms with van der Waals surface area (Å²) in [6, 6.07) is 6.02. The van der Waals surface area contributed by atoms with E-state index in [4.69, 9.17) is 0 Å². The smallest absolute Gasteiger partial charge is 0.241 e. The van der Waals surface area contributed by atoms with Crippen LogP contribution in [0.15, 0.2) is 18.2 Å². The standard InChI is InChI=1S/C11H14BNO/c1-7(2)8-4-3-5-9-10(8)6-13(12)11(9)14/h3-5,7H,6,12H2,1-2H3. The van der Waals surface area contributed by atoms with E-state index >= 15 is 0 Å². The first kappa shape index (κ1) is 9.32. The molecule has 2 rings (SSSR count). The van der Waals surface area contributed by atoms with Crippen molar-refractivity contribution in [2.45, 2.75) is 26.3 Å². The van der Waals surface area contributed by atoms with Gasteiger partial charge in [-0.25, -0.2) is 0 Å². The Balaban J connectivity index is 2.56. The Kier molecular flexibility index (Phi) is 2.10. The molecular formula is C11H14BNO. The zero-order chi connectivity index (χ0) is 10.3. The summed E-state index contributed by atoms with van der Waals surface area (Å²) < 4.78 is 0. The van der Waals surface area contributed by atoms with Gasteiger partial charge < -0.3 is 4.81 Å². The van der Waals surface area contributed by atoms with Gasteiger partial charge in [-0.3, -0.25) is 4.79 Å². The summed E-state index contributed by atoms with van der Waals surface area (Å²) >= 11 is 0. The fraction of sp³-hybridized carbons (Fsp3) is 0.364. The molecule has 0 fully saturated rings. The van der Waals surface area contributed by atoms with Crippen molar-refractivity contribution < 1.29 is 4.79 Å². The normalized spacial score (nSPS) is 15.1. The topological polar surface area (TPSA) is 20.3 Å². The lowest BCUT2D eigenvalue weighted by molar-refractivity contribution is 0.0880. The summed E-state index contributed by atoms with van der Waals surface area (Å²) in [5.41, 5.74) is 3.41. The molecule has 0 saturated heterocycles. The molecule has 0 radical (unpaired) electrons. The molecule has 2 nitrogen and oxygen atoms in total. The van der Waals surface area contributed by atoms with Gasteiger partial charge in [0.05, 0.1) is 0 Å². The van der Waals surface area contributed by atoms with E-state index in [0.29, 0.717) is 5.92 Å². The van der Waals surface area contributed by atoms with Crippen LogP contribution in [0.5, 0.6) is 0 Å². The number of benzene rings is 1. The molecule has 0 aromatic heterocycles. The summed E-state index contributed by atoms with van der Waals surface area (Å²) in [4.78, 5) is 13.5. The monoisotopic (exact) mass is 187 g/mol. The van der Waals surface area contributed by atoms with E-state index in [9.17, 15) is 4.79 Å². The van der Waals surface area contributed by atoms with Crippen LogP contribution in [0, 0.1) is 0 Å². The second kappa shape index (κ2) is 3.16. The average molecular weight is 187 g/mol. The maximum atomic E-state index is 11.7. The summed E-state index contributed by atoms with van der Waals surface area (Å²) in [6.07, 6.45) is 0. The van der Waals surface area contributed by atoms with Gasteiger partial charge in [-0.15, -0.1) is 0 Å². The van der Waals surface area contributed by atoms with Crippen LogP contribution in [0.4, 0.5) is 0 Å². The number of amides is 1. The number of carbonyl (C=O) groups is 1. The Morgan fingerprint density at radius 3 is 2.79 bits per heavy atom. The average Bonchev–Trinajstić information content (AvgIpc) is 2.43. The molecule has 0 spiro atoms. The van der Waals surface area contributed by atoms with E-state index < -0.39 is 0 Å². The predicted octanol–water partition coefficient (Wildman–Crippen LogP) is 1.31. The highest BCUT2D eigenvalue weighted by Crippen LogP contribution is 2.28. The third kappa shape index (κ3) is 1.24. The second-order valence-corrected chi connectivity index (χ2v) is 4.19. The van der Waals surface area contributed by atoms with Crippen LogP contribution in [0.25, 0.3) is 0 Å². The van der Waals surface area contributed by atoms with Crippen LogP contribution >= 0.6 is 0 Å². The van der Waals surface area contributed by atoms with E-state index in [0.717, 1.165) is 12.1 Å². The van der Waals surface area contributed by atoms with Gasteiger partial charge in [0.25, 0.3) is 0 Å². The van der Waals surface area contributed by atoms with Crippen molar-refractivity contribution in [2.24, 2.45) is 0 Å². The molecule has 0 atom stereocenters. The maximum Gasteiger partial charge on any atom is 0.241 e. The third-order valence-electron chi connectivity index (χ3n) is 2.81. The van der Waals surface area contributed by atoms with Crippen molar-refractivity contribution in [1.29, 1.82) is 0 Å². The minimum atomic E-state index is 0.155. The van der Waals surface area contributed by atoms with Crippen LogP contribution in [0.3, 0.4) is 0 Å². The molecule has 3 heteroatoms. The van der Waals surface area contributed by atoms with Crippen molar-refractivity contribution in [3.05, 3.63) is 34.9 Å². The molecule has 0 saturated carbocycles. The molecule has 1 amide bonds. The first-order valence-electron chi connectivity index (χ1n) is 4.98. The number of carbonyl (C=O) groups excluding carboxylic acids is 1. The van der Waals surface area contributed by atoms with Gasteiger partial charge in [-0.05, 0) is 23.1 Å². The molecule has 1 heterocycles. The van der Waals surface area contributed by atoms with E-state index in [1.807, 2.05) is 20.1 Å². The molecule has 0 aliphatic carbocycles. The third-order valence-corrected chi connectivity index (χ3v) is 2.81. The number of hydrogen-bond donors (Lipinski definition) is 0. The molecule has 1 aromatic rings. The molecule has 14 heavy (non-hydrogen) atoms. The van der Waals surface area contributed by atoms with Gasteiger partial charge in [-0.1, -0.05) is 26.0 Å². The molecule has 0 unspecified atom stereocenters. The van der Waals surface area contributed by atoms with Crippen LogP contribution in [-0.2, 0) is 6.54 Å². The van der Waals surface area contributed by atoms with Crippen molar-refractivity contribution in [1.82, 2.24) is 4.81 Å². The fourth-order valence-electron chi connectivity index (χ4n) is 2.04. The molecule has 0 bridgehead atoms. The van der Waals surface area contributed by atoms with E-state index in [2.05, 4.69) is 19.9 Å².